The second-order valence-electron chi connectivity index (χ2n) is 6.77. The first kappa shape index (κ1) is 17.5. The fourth-order valence-electron chi connectivity index (χ4n) is 3.84. The minimum absolute atomic E-state index is 0.0301. The monoisotopic (exact) mass is 371 g/mol. The van der Waals surface area contributed by atoms with Gasteiger partial charge in [-0.1, -0.05) is 12.2 Å². The Morgan fingerprint density at radius 1 is 1.22 bits per heavy atom. The molecule has 1 unspecified atom stereocenters. The maximum Gasteiger partial charge on any atom is 0.244 e. The van der Waals surface area contributed by atoms with Crippen molar-refractivity contribution in [3.8, 4) is 0 Å². The fraction of sp³-hybridized carbons (Fsp3) is 0.300. The zero-order valence-electron chi connectivity index (χ0n) is 14.6. The Morgan fingerprint density at radius 2 is 2.07 bits per heavy atom. The van der Waals surface area contributed by atoms with E-state index in [4.69, 9.17) is 0 Å². The number of rotatable bonds is 3. The van der Waals surface area contributed by atoms with Crippen LogP contribution in [0.15, 0.2) is 54.0 Å². The van der Waals surface area contributed by atoms with Gasteiger partial charge in [-0.25, -0.2) is 8.78 Å². The summed E-state index contributed by atoms with van der Waals surface area (Å²) in [6.45, 7) is -0.0791. The van der Waals surface area contributed by atoms with Crippen molar-refractivity contribution < 1.29 is 18.4 Å². The van der Waals surface area contributed by atoms with Crippen molar-refractivity contribution in [2.75, 3.05) is 11.9 Å². The van der Waals surface area contributed by atoms with Gasteiger partial charge in [0.2, 0.25) is 5.91 Å². The number of ketones is 1. The van der Waals surface area contributed by atoms with E-state index in [0.717, 1.165) is 30.7 Å². The van der Waals surface area contributed by atoms with Crippen LogP contribution in [-0.4, -0.2) is 34.2 Å². The van der Waals surface area contributed by atoms with Crippen molar-refractivity contribution in [1.29, 1.82) is 0 Å². The maximum absolute atomic E-state index is 13.8. The van der Waals surface area contributed by atoms with Gasteiger partial charge in [0, 0.05) is 30.8 Å². The zero-order chi connectivity index (χ0) is 19.0. The molecule has 140 valence electrons. The number of Topliss-reactive ketones (excluding diaryl/α,β-unsaturated/α-hetero) is 1. The summed E-state index contributed by atoms with van der Waals surface area (Å²) in [7, 11) is 0. The summed E-state index contributed by atoms with van der Waals surface area (Å²) in [4.78, 5) is 28.9. The molecule has 1 aromatic rings. The number of carbonyl (C=O) groups excluding carboxylic acids is 2. The van der Waals surface area contributed by atoms with Crippen LogP contribution in [0, 0.1) is 11.6 Å². The maximum atomic E-state index is 13.8. The molecule has 0 aromatic heterocycles. The molecule has 0 bridgehead atoms. The van der Waals surface area contributed by atoms with E-state index in [0.29, 0.717) is 18.5 Å². The number of hydrogen-bond donors (Lipinski definition) is 1. The highest BCUT2D eigenvalue weighted by atomic mass is 19.1. The number of fused-ring (bicyclic) bond motifs is 2. The van der Waals surface area contributed by atoms with Gasteiger partial charge in [0.25, 0.3) is 0 Å². The highest BCUT2D eigenvalue weighted by molar-refractivity contribution is 5.99. The van der Waals surface area contributed by atoms with E-state index < -0.39 is 17.5 Å². The third-order valence-corrected chi connectivity index (χ3v) is 4.99. The number of nitrogens with one attached hydrogen (secondary N) is 1. The summed E-state index contributed by atoms with van der Waals surface area (Å²) in [5, 5.41) is 2.48. The molecular weight excluding hydrogens is 352 g/mol. The van der Waals surface area contributed by atoms with Crippen LogP contribution in [-0.2, 0) is 9.59 Å². The molecule has 0 radical (unpaired) electrons. The molecule has 0 saturated carbocycles. The Morgan fingerprint density at radius 3 is 2.89 bits per heavy atom. The second kappa shape index (κ2) is 6.98. The average molecular weight is 371 g/mol. The Balaban J connectivity index is 1.58. The minimum atomic E-state index is -0.833. The zero-order valence-corrected chi connectivity index (χ0v) is 14.6. The molecule has 27 heavy (non-hydrogen) atoms. The van der Waals surface area contributed by atoms with Gasteiger partial charge in [-0.15, -0.1) is 0 Å². The first-order chi connectivity index (χ1) is 13.0. The summed E-state index contributed by atoms with van der Waals surface area (Å²) < 4.78 is 26.9. The fourth-order valence-corrected chi connectivity index (χ4v) is 3.84. The van der Waals surface area contributed by atoms with Crippen molar-refractivity contribution >= 4 is 17.4 Å². The van der Waals surface area contributed by atoms with Gasteiger partial charge in [-0.05, 0) is 31.1 Å². The highest BCUT2D eigenvalue weighted by Gasteiger charge is 2.41. The predicted octanol–water partition coefficient (Wildman–Crippen LogP) is 3.29. The van der Waals surface area contributed by atoms with Crippen LogP contribution in [0.4, 0.5) is 14.5 Å². The molecule has 2 aliphatic heterocycles. The van der Waals surface area contributed by atoms with Gasteiger partial charge in [-0.3, -0.25) is 9.59 Å². The normalized spacial score (nSPS) is 21.3. The second-order valence-corrected chi connectivity index (χ2v) is 6.77. The highest BCUT2D eigenvalue weighted by Crippen LogP contribution is 2.39. The van der Waals surface area contributed by atoms with Gasteiger partial charge in [0.15, 0.2) is 5.78 Å². The molecule has 3 aliphatic rings. The summed E-state index contributed by atoms with van der Waals surface area (Å²) >= 11 is 0. The van der Waals surface area contributed by atoms with Gasteiger partial charge >= 0.3 is 0 Å². The van der Waals surface area contributed by atoms with Crippen LogP contribution in [0.5, 0.6) is 0 Å². The number of allylic oxidation sites excluding steroid dienone is 4. The lowest BCUT2D eigenvalue weighted by molar-refractivity contribution is -0.119. The lowest BCUT2D eigenvalue weighted by Crippen LogP contribution is -2.42. The van der Waals surface area contributed by atoms with Crippen LogP contribution >= 0.6 is 0 Å². The van der Waals surface area contributed by atoms with Crippen LogP contribution in [0.25, 0.3) is 0 Å². The van der Waals surface area contributed by atoms with Crippen LogP contribution in [0.1, 0.15) is 25.7 Å². The molecule has 1 aromatic carbocycles. The Hall–Kier alpha value is -2.96. The molecule has 1 amide bonds. The largest absolute Gasteiger partial charge is 0.337 e. The molecule has 7 heteroatoms. The van der Waals surface area contributed by atoms with Crippen molar-refractivity contribution in [2.45, 2.75) is 31.8 Å². The molecule has 0 saturated heterocycles. The number of benzene rings is 1. The summed E-state index contributed by atoms with van der Waals surface area (Å²) in [6, 6.07) is 2.99. The Kier molecular flexibility index (Phi) is 4.51. The van der Waals surface area contributed by atoms with Crippen LogP contribution in [0.3, 0.4) is 0 Å². The first-order valence-corrected chi connectivity index (χ1v) is 8.94. The Bertz CT molecular complexity index is 891. The quantitative estimate of drug-likeness (QED) is 0.886. The van der Waals surface area contributed by atoms with Gasteiger partial charge < -0.3 is 15.1 Å². The molecule has 5 nitrogen and oxygen atoms in total. The molecule has 2 heterocycles. The number of hydrogen-bond acceptors (Lipinski definition) is 4. The van der Waals surface area contributed by atoms with Crippen molar-refractivity contribution in [1.82, 2.24) is 9.80 Å². The van der Waals surface area contributed by atoms with E-state index in [2.05, 4.69) is 10.2 Å². The number of amides is 1. The molecule has 0 spiro atoms. The average Bonchev–Trinajstić information content (AvgIpc) is 2.79. The third kappa shape index (κ3) is 3.25. The van der Waals surface area contributed by atoms with Crippen molar-refractivity contribution in [2.24, 2.45) is 0 Å². The van der Waals surface area contributed by atoms with Crippen molar-refractivity contribution in [3.63, 3.8) is 0 Å². The third-order valence-electron chi connectivity index (χ3n) is 4.99. The SMILES string of the molecule is O=C(CN1C2=C(CCCC2=O)N2C=CC=CCC21)Nc1ccc(F)cc1F. The lowest BCUT2D eigenvalue weighted by atomic mass is 10.00. The van der Waals surface area contributed by atoms with E-state index >= 15 is 0 Å². The van der Waals surface area contributed by atoms with E-state index in [1.165, 1.54) is 6.07 Å². The molecule has 1 atom stereocenters. The van der Waals surface area contributed by atoms with Crippen molar-refractivity contribution in [3.05, 3.63) is 65.7 Å². The molecule has 0 fully saturated rings. The minimum Gasteiger partial charge on any atom is -0.337 e. The van der Waals surface area contributed by atoms with Gasteiger partial charge in [0.1, 0.15) is 23.5 Å². The van der Waals surface area contributed by atoms with E-state index in [-0.39, 0.29) is 24.2 Å². The molecule has 1 aliphatic carbocycles. The predicted molar refractivity (Wildman–Crippen MR) is 96.1 cm³/mol. The molecule has 1 N–H and O–H groups in total. The van der Waals surface area contributed by atoms with E-state index in [9.17, 15) is 18.4 Å². The number of halogens is 2. The summed E-state index contributed by atoms with van der Waals surface area (Å²) in [5.74, 6) is -1.96. The molecular formula is C20H19F2N3O2. The topological polar surface area (TPSA) is 52.7 Å². The van der Waals surface area contributed by atoms with Gasteiger partial charge in [-0.2, -0.15) is 0 Å². The number of carbonyl (C=O) groups is 2. The summed E-state index contributed by atoms with van der Waals surface area (Å²) in [6.07, 6.45) is 10.3. The Labute approximate surface area is 155 Å². The van der Waals surface area contributed by atoms with E-state index in [1.54, 1.807) is 4.90 Å². The number of nitrogens with zero attached hydrogens (tertiary/aromatic N) is 2. The standard InChI is InChI=1S/C20H19F2N3O2/c21-13-8-9-15(14(22)11-13)23-18(27)12-25-19-7-2-1-3-10-24(19)16-5-4-6-17(26)20(16)25/h1-3,8-11,19H,4-7,12H2,(H,23,27). The smallest absolute Gasteiger partial charge is 0.244 e. The number of anilines is 1. The summed E-state index contributed by atoms with van der Waals surface area (Å²) in [5.41, 5.74) is 1.44. The van der Waals surface area contributed by atoms with Crippen LogP contribution < -0.4 is 5.32 Å². The molecule has 4 rings (SSSR count). The first-order valence-electron chi connectivity index (χ1n) is 8.94. The lowest BCUT2D eigenvalue weighted by Gasteiger charge is -2.31. The van der Waals surface area contributed by atoms with E-state index in [1.807, 2.05) is 24.4 Å². The van der Waals surface area contributed by atoms with Gasteiger partial charge in [0.05, 0.1) is 12.2 Å². The van der Waals surface area contributed by atoms with Crippen LogP contribution in [0.2, 0.25) is 0 Å².